The topological polar surface area (TPSA) is 56.8 Å². The molecule has 5 nitrogen and oxygen atoms in total. The molecule has 0 spiro atoms. The van der Waals surface area contributed by atoms with E-state index in [9.17, 15) is 4.79 Å². The second-order valence-corrected chi connectivity index (χ2v) is 5.32. The summed E-state index contributed by atoms with van der Waals surface area (Å²) < 4.78 is 16.3. The maximum absolute atomic E-state index is 12.1. The minimum Gasteiger partial charge on any atom is -0.463 e. The lowest BCUT2D eigenvalue weighted by Crippen LogP contribution is -2.41. The van der Waals surface area contributed by atoms with Crippen molar-refractivity contribution in [2.75, 3.05) is 33.0 Å². The zero-order chi connectivity index (χ0) is 13.5. The quantitative estimate of drug-likeness (QED) is 0.734. The maximum Gasteiger partial charge on any atom is 0.313 e. The average molecular weight is 271 g/mol. The van der Waals surface area contributed by atoms with Crippen molar-refractivity contribution in [2.24, 2.45) is 5.92 Å². The Hall–Kier alpha value is -0.650. The fraction of sp³-hybridized carbons (Fsp3) is 0.929. The van der Waals surface area contributed by atoms with Crippen molar-refractivity contribution in [3.63, 3.8) is 0 Å². The molecular weight excluding hydrogens is 246 g/mol. The van der Waals surface area contributed by atoms with Crippen molar-refractivity contribution < 1.29 is 19.0 Å². The van der Waals surface area contributed by atoms with Crippen LogP contribution in [0.4, 0.5) is 0 Å². The van der Waals surface area contributed by atoms with Crippen molar-refractivity contribution in [3.05, 3.63) is 0 Å². The van der Waals surface area contributed by atoms with E-state index in [1.165, 1.54) is 0 Å². The summed E-state index contributed by atoms with van der Waals surface area (Å²) in [4.78, 5) is 12.1. The van der Waals surface area contributed by atoms with Gasteiger partial charge >= 0.3 is 5.97 Å². The van der Waals surface area contributed by atoms with E-state index in [0.29, 0.717) is 19.8 Å². The summed E-state index contributed by atoms with van der Waals surface area (Å²) in [6.45, 7) is 5.25. The van der Waals surface area contributed by atoms with Gasteiger partial charge in [0.25, 0.3) is 0 Å². The van der Waals surface area contributed by atoms with E-state index in [2.05, 4.69) is 12.2 Å². The molecule has 0 aromatic rings. The molecule has 2 fully saturated rings. The van der Waals surface area contributed by atoms with Crippen LogP contribution in [0, 0.1) is 5.92 Å². The second kappa shape index (κ2) is 7.82. The predicted octanol–water partition coefficient (Wildman–Crippen LogP) is 1.11. The van der Waals surface area contributed by atoms with Crippen LogP contribution < -0.4 is 5.32 Å². The SMILES string of the molecule is CCCNC1COCC1C(=O)OCC1CCCCO1. The van der Waals surface area contributed by atoms with E-state index in [1.807, 2.05) is 0 Å². The highest BCUT2D eigenvalue weighted by atomic mass is 16.6. The van der Waals surface area contributed by atoms with Crippen molar-refractivity contribution in [3.8, 4) is 0 Å². The highest BCUT2D eigenvalue weighted by Gasteiger charge is 2.35. The number of carbonyl (C=O) groups excluding carboxylic acids is 1. The van der Waals surface area contributed by atoms with Crippen LogP contribution in [0.2, 0.25) is 0 Å². The van der Waals surface area contributed by atoms with Gasteiger partial charge in [-0.05, 0) is 32.2 Å². The van der Waals surface area contributed by atoms with Crippen molar-refractivity contribution in [2.45, 2.75) is 44.8 Å². The van der Waals surface area contributed by atoms with Crippen LogP contribution in [0.1, 0.15) is 32.6 Å². The van der Waals surface area contributed by atoms with E-state index < -0.39 is 0 Å². The maximum atomic E-state index is 12.1. The molecule has 0 radical (unpaired) electrons. The molecule has 0 aromatic heterocycles. The molecule has 3 atom stereocenters. The summed E-state index contributed by atoms with van der Waals surface area (Å²) in [5, 5.41) is 3.34. The smallest absolute Gasteiger partial charge is 0.313 e. The Morgan fingerprint density at radius 2 is 2.26 bits per heavy atom. The fourth-order valence-electron chi connectivity index (χ4n) is 2.54. The van der Waals surface area contributed by atoms with Gasteiger partial charge in [0.05, 0.1) is 25.2 Å². The first-order valence-electron chi connectivity index (χ1n) is 7.40. The van der Waals surface area contributed by atoms with Gasteiger partial charge in [-0.1, -0.05) is 6.92 Å². The van der Waals surface area contributed by atoms with Crippen molar-refractivity contribution >= 4 is 5.97 Å². The lowest BCUT2D eigenvalue weighted by Gasteiger charge is -2.23. The number of esters is 1. The van der Waals surface area contributed by atoms with Crippen LogP contribution in [-0.2, 0) is 19.0 Å². The van der Waals surface area contributed by atoms with Crippen LogP contribution in [0.25, 0.3) is 0 Å². The molecule has 2 aliphatic rings. The Bertz CT molecular complexity index is 279. The molecule has 3 unspecified atom stereocenters. The van der Waals surface area contributed by atoms with Crippen LogP contribution in [0.3, 0.4) is 0 Å². The minimum absolute atomic E-state index is 0.0853. The Kier molecular flexibility index (Phi) is 6.07. The average Bonchev–Trinajstić information content (AvgIpc) is 2.92. The number of nitrogens with one attached hydrogen (secondary N) is 1. The normalized spacial score (nSPS) is 31.3. The first-order chi connectivity index (χ1) is 9.31. The molecule has 19 heavy (non-hydrogen) atoms. The van der Waals surface area contributed by atoms with Gasteiger partial charge in [0.1, 0.15) is 6.61 Å². The molecule has 2 aliphatic heterocycles. The number of rotatable bonds is 6. The lowest BCUT2D eigenvalue weighted by atomic mass is 10.0. The number of carbonyl (C=O) groups is 1. The first kappa shape index (κ1) is 14.8. The molecule has 5 heteroatoms. The Morgan fingerprint density at radius 3 is 3.00 bits per heavy atom. The van der Waals surface area contributed by atoms with Gasteiger partial charge in [-0.2, -0.15) is 0 Å². The van der Waals surface area contributed by atoms with Crippen molar-refractivity contribution in [1.82, 2.24) is 5.32 Å². The highest BCUT2D eigenvalue weighted by Crippen LogP contribution is 2.17. The van der Waals surface area contributed by atoms with E-state index in [1.54, 1.807) is 0 Å². The summed E-state index contributed by atoms with van der Waals surface area (Å²) in [5.41, 5.74) is 0. The largest absolute Gasteiger partial charge is 0.463 e. The minimum atomic E-state index is -0.171. The van der Waals surface area contributed by atoms with E-state index in [0.717, 1.165) is 38.8 Å². The molecule has 0 amide bonds. The third kappa shape index (κ3) is 4.44. The van der Waals surface area contributed by atoms with Gasteiger partial charge in [-0.25, -0.2) is 0 Å². The lowest BCUT2D eigenvalue weighted by molar-refractivity contribution is -0.154. The van der Waals surface area contributed by atoms with E-state index in [-0.39, 0.29) is 24.0 Å². The fourth-order valence-corrected chi connectivity index (χ4v) is 2.54. The van der Waals surface area contributed by atoms with Crippen molar-refractivity contribution in [1.29, 1.82) is 0 Å². The molecule has 0 aromatic carbocycles. The molecule has 2 heterocycles. The first-order valence-corrected chi connectivity index (χ1v) is 7.40. The molecule has 0 saturated carbocycles. The Morgan fingerprint density at radius 1 is 1.37 bits per heavy atom. The molecule has 0 aliphatic carbocycles. The number of hydrogen-bond donors (Lipinski definition) is 1. The summed E-state index contributed by atoms with van der Waals surface area (Å²) in [6, 6.07) is 0.0970. The van der Waals surface area contributed by atoms with Gasteiger partial charge in [-0.3, -0.25) is 4.79 Å². The van der Waals surface area contributed by atoms with Gasteiger partial charge < -0.3 is 19.5 Å². The Balaban J connectivity index is 1.71. The van der Waals surface area contributed by atoms with E-state index in [4.69, 9.17) is 14.2 Å². The zero-order valence-electron chi connectivity index (χ0n) is 11.7. The Labute approximate surface area is 115 Å². The van der Waals surface area contributed by atoms with Crippen LogP contribution in [0.5, 0.6) is 0 Å². The van der Waals surface area contributed by atoms with Gasteiger partial charge in [0.15, 0.2) is 0 Å². The molecule has 2 rings (SSSR count). The third-order valence-electron chi connectivity index (χ3n) is 3.73. The predicted molar refractivity (Wildman–Crippen MR) is 70.9 cm³/mol. The highest BCUT2D eigenvalue weighted by molar-refractivity contribution is 5.73. The summed E-state index contributed by atoms with van der Waals surface area (Å²) in [6.07, 6.45) is 4.40. The summed E-state index contributed by atoms with van der Waals surface area (Å²) in [7, 11) is 0. The second-order valence-electron chi connectivity index (χ2n) is 5.32. The van der Waals surface area contributed by atoms with Crippen LogP contribution >= 0.6 is 0 Å². The number of ether oxygens (including phenoxy) is 3. The molecule has 1 N–H and O–H groups in total. The molecule has 110 valence electrons. The van der Waals surface area contributed by atoms with E-state index >= 15 is 0 Å². The summed E-state index contributed by atoms with van der Waals surface area (Å²) in [5.74, 6) is -0.324. The zero-order valence-corrected chi connectivity index (χ0v) is 11.7. The summed E-state index contributed by atoms with van der Waals surface area (Å²) >= 11 is 0. The monoisotopic (exact) mass is 271 g/mol. The van der Waals surface area contributed by atoms with Crippen LogP contribution in [0.15, 0.2) is 0 Å². The van der Waals surface area contributed by atoms with Gasteiger partial charge in [-0.15, -0.1) is 0 Å². The third-order valence-corrected chi connectivity index (χ3v) is 3.73. The van der Waals surface area contributed by atoms with Crippen LogP contribution in [-0.4, -0.2) is 51.1 Å². The van der Waals surface area contributed by atoms with Gasteiger partial charge in [0, 0.05) is 12.6 Å². The number of hydrogen-bond acceptors (Lipinski definition) is 5. The van der Waals surface area contributed by atoms with Gasteiger partial charge in [0.2, 0.25) is 0 Å². The standard InChI is InChI=1S/C14H25NO4/c1-2-6-15-13-10-17-9-12(13)14(16)19-8-11-5-3-4-7-18-11/h11-13,15H,2-10H2,1H3. The molecule has 2 saturated heterocycles. The molecular formula is C14H25NO4. The molecule has 0 bridgehead atoms.